The third kappa shape index (κ3) is 2.97. The van der Waals surface area contributed by atoms with Crippen molar-refractivity contribution in [3.05, 3.63) is 29.3 Å². The number of carbonyl (C=O) groups is 3. The fourth-order valence-corrected chi connectivity index (χ4v) is 1.97. The van der Waals surface area contributed by atoms with Crippen LogP contribution in [0.4, 0.5) is 5.69 Å². The predicted molar refractivity (Wildman–Crippen MR) is 68.2 cm³/mol. The van der Waals surface area contributed by atoms with Crippen molar-refractivity contribution in [2.75, 3.05) is 11.9 Å². The number of hydrogen-bond donors (Lipinski definition) is 3. The van der Waals surface area contributed by atoms with Crippen LogP contribution in [-0.4, -0.2) is 35.4 Å². The Labute approximate surface area is 109 Å². The molecule has 0 saturated carbocycles. The third-order valence-electron chi connectivity index (χ3n) is 2.97. The van der Waals surface area contributed by atoms with Gasteiger partial charge in [0.15, 0.2) is 5.78 Å². The summed E-state index contributed by atoms with van der Waals surface area (Å²) in [6, 6.07) is 4.41. The molecule has 0 aliphatic carbocycles. The van der Waals surface area contributed by atoms with E-state index in [0.29, 0.717) is 5.56 Å². The predicted octanol–water partition coefficient (Wildman–Crippen LogP) is 0.427. The Hall–Kier alpha value is -2.21. The van der Waals surface area contributed by atoms with Gasteiger partial charge in [-0.25, -0.2) is 0 Å². The first-order valence-electron chi connectivity index (χ1n) is 5.89. The van der Waals surface area contributed by atoms with Gasteiger partial charge in [-0.2, -0.15) is 0 Å². The maximum Gasteiger partial charge on any atom is 0.317 e. The molecule has 0 spiro atoms. The SMILES string of the molecule is CC(NCC(=O)O)C(=O)c1ccc2c(c1)CC(=O)N2. The Morgan fingerprint density at radius 1 is 1.47 bits per heavy atom. The van der Waals surface area contributed by atoms with Gasteiger partial charge in [0, 0.05) is 11.3 Å². The first kappa shape index (κ1) is 13.2. The molecular weight excluding hydrogens is 248 g/mol. The van der Waals surface area contributed by atoms with Crippen molar-refractivity contribution >= 4 is 23.3 Å². The highest BCUT2D eigenvalue weighted by atomic mass is 16.4. The molecule has 1 aliphatic rings. The highest BCUT2D eigenvalue weighted by Gasteiger charge is 2.21. The van der Waals surface area contributed by atoms with E-state index in [1.807, 2.05) is 0 Å². The molecule has 0 saturated heterocycles. The van der Waals surface area contributed by atoms with E-state index in [4.69, 9.17) is 5.11 Å². The molecule has 100 valence electrons. The maximum absolute atomic E-state index is 12.1. The van der Waals surface area contributed by atoms with Gasteiger partial charge in [-0.3, -0.25) is 19.7 Å². The molecule has 19 heavy (non-hydrogen) atoms. The second-order valence-corrected chi connectivity index (χ2v) is 4.46. The van der Waals surface area contributed by atoms with Gasteiger partial charge < -0.3 is 10.4 Å². The van der Waals surface area contributed by atoms with E-state index in [1.165, 1.54) is 0 Å². The van der Waals surface area contributed by atoms with Crippen molar-refractivity contribution in [1.82, 2.24) is 5.32 Å². The largest absolute Gasteiger partial charge is 0.480 e. The van der Waals surface area contributed by atoms with Crippen LogP contribution in [0.25, 0.3) is 0 Å². The Bertz CT molecular complexity index is 554. The number of nitrogens with one attached hydrogen (secondary N) is 2. The number of fused-ring (bicyclic) bond motifs is 1. The average Bonchev–Trinajstić information content (AvgIpc) is 2.73. The van der Waals surface area contributed by atoms with E-state index in [2.05, 4.69) is 10.6 Å². The molecular formula is C13H14N2O4. The molecule has 1 amide bonds. The summed E-state index contributed by atoms with van der Waals surface area (Å²) in [5.74, 6) is -1.29. The van der Waals surface area contributed by atoms with Gasteiger partial charge >= 0.3 is 5.97 Å². The molecule has 1 heterocycles. The smallest absolute Gasteiger partial charge is 0.317 e. The van der Waals surface area contributed by atoms with Gasteiger partial charge in [0.25, 0.3) is 0 Å². The van der Waals surface area contributed by atoms with Crippen LogP contribution in [-0.2, 0) is 16.0 Å². The van der Waals surface area contributed by atoms with Crippen LogP contribution in [0.15, 0.2) is 18.2 Å². The van der Waals surface area contributed by atoms with Crippen LogP contribution in [0.3, 0.4) is 0 Å². The third-order valence-corrected chi connectivity index (χ3v) is 2.97. The van der Waals surface area contributed by atoms with Crippen LogP contribution >= 0.6 is 0 Å². The number of ketones is 1. The van der Waals surface area contributed by atoms with Crippen LogP contribution in [0.2, 0.25) is 0 Å². The van der Waals surface area contributed by atoms with Crippen molar-refractivity contribution in [1.29, 1.82) is 0 Å². The Morgan fingerprint density at radius 3 is 2.89 bits per heavy atom. The highest BCUT2D eigenvalue weighted by Crippen LogP contribution is 2.24. The zero-order valence-electron chi connectivity index (χ0n) is 10.4. The average molecular weight is 262 g/mol. The number of aliphatic carboxylic acids is 1. The summed E-state index contributed by atoms with van der Waals surface area (Å²) < 4.78 is 0. The molecule has 1 aliphatic heterocycles. The fourth-order valence-electron chi connectivity index (χ4n) is 1.97. The van der Waals surface area contributed by atoms with Crippen LogP contribution in [0.1, 0.15) is 22.8 Å². The maximum atomic E-state index is 12.1. The Balaban J connectivity index is 2.10. The normalized spacial score (nSPS) is 14.7. The van der Waals surface area contributed by atoms with Crippen molar-refractivity contribution in [3.8, 4) is 0 Å². The standard InChI is InChI=1S/C13H14N2O4/c1-7(14-6-12(17)18)13(19)8-2-3-10-9(4-8)5-11(16)15-10/h2-4,7,14H,5-6H2,1H3,(H,15,16)(H,17,18). The number of amides is 1. The lowest BCUT2D eigenvalue weighted by molar-refractivity contribution is -0.136. The number of benzene rings is 1. The minimum absolute atomic E-state index is 0.0864. The lowest BCUT2D eigenvalue weighted by atomic mass is 10.0. The topological polar surface area (TPSA) is 95.5 Å². The van der Waals surface area contributed by atoms with Crippen molar-refractivity contribution in [3.63, 3.8) is 0 Å². The summed E-state index contributed by atoms with van der Waals surface area (Å²) >= 11 is 0. The number of rotatable bonds is 5. The number of carboxylic acid groups (broad SMARTS) is 1. The van der Waals surface area contributed by atoms with E-state index < -0.39 is 12.0 Å². The number of carboxylic acids is 1. The Morgan fingerprint density at radius 2 is 2.21 bits per heavy atom. The summed E-state index contributed by atoms with van der Waals surface area (Å²) in [6.45, 7) is 1.35. The van der Waals surface area contributed by atoms with E-state index in [0.717, 1.165) is 11.3 Å². The first-order chi connectivity index (χ1) is 8.97. The summed E-state index contributed by atoms with van der Waals surface area (Å²) in [6.07, 6.45) is 0.271. The molecule has 1 aromatic rings. The van der Waals surface area contributed by atoms with Gasteiger partial charge in [0.2, 0.25) is 5.91 Å². The lowest BCUT2D eigenvalue weighted by Crippen LogP contribution is -2.37. The van der Waals surface area contributed by atoms with Gasteiger partial charge in [-0.1, -0.05) is 0 Å². The summed E-state index contributed by atoms with van der Waals surface area (Å²) in [5, 5.41) is 13.9. The van der Waals surface area contributed by atoms with Crippen molar-refractivity contribution < 1.29 is 19.5 Å². The minimum atomic E-state index is -1.01. The van der Waals surface area contributed by atoms with Crippen molar-refractivity contribution in [2.45, 2.75) is 19.4 Å². The molecule has 1 atom stereocenters. The van der Waals surface area contributed by atoms with E-state index in [9.17, 15) is 14.4 Å². The van der Waals surface area contributed by atoms with Gasteiger partial charge in [0.1, 0.15) is 0 Å². The molecule has 3 N–H and O–H groups in total. The molecule has 6 heteroatoms. The minimum Gasteiger partial charge on any atom is -0.480 e. The molecule has 0 radical (unpaired) electrons. The monoisotopic (exact) mass is 262 g/mol. The summed E-state index contributed by atoms with van der Waals surface area (Å²) in [5.41, 5.74) is 2.00. The number of Topliss-reactive ketones (excluding diaryl/α,β-unsaturated/α-hetero) is 1. The summed E-state index contributed by atoms with van der Waals surface area (Å²) in [4.78, 5) is 33.7. The van der Waals surface area contributed by atoms with E-state index in [-0.39, 0.29) is 24.7 Å². The highest BCUT2D eigenvalue weighted by molar-refractivity contribution is 6.03. The molecule has 6 nitrogen and oxygen atoms in total. The molecule has 0 aromatic heterocycles. The van der Waals surface area contributed by atoms with Crippen LogP contribution in [0, 0.1) is 0 Å². The molecule has 1 aromatic carbocycles. The van der Waals surface area contributed by atoms with Gasteiger partial charge in [-0.15, -0.1) is 0 Å². The van der Waals surface area contributed by atoms with Crippen LogP contribution < -0.4 is 10.6 Å². The van der Waals surface area contributed by atoms with Crippen LogP contribution in [0.5, 0.6) is 0 Å². The van der Waals surface area contributed by atoms with Crippen molar-refractivity contribution in [2.24, 2.45) is 0 Å². The molecule has 2 rings (SSSR count). The first-order valence-corrected chi connectivity index (χ1v) is 5.89. The second kappa shape index (κ2) is 5.19. The van der Waals surface area contributed by atoms with E-state index in [1.54, 1.807) is 25.1 Å². The fraction of sp³-hybridized carbons (Fsp3) is 0.308. The molecule has 0 fully saturated rings. The molecule has 0 bridgehead atoms. The lowest BCUT2D eigenvalue weighted by Gasteiger charge is -2.11. The quantitative estimate of drug-likeness (QED) is 0.669. The second-order valence-electron chi connectivity index (χ2n) is 4.46. The Kier molecular flexibility index (Phi) is 3.62. The zero-order valence-corrected chi connectivity index (χ0v) is 10.4. The number of hydrogen-bond acceptors (Lipinski definition) is 4. The molecule has 1 unspecified atom stereocenters. The van der Waals surface area contributed by atoms with Gasteiger partial charge in [0.05, 0.1) is 19.0 Å². The number of carbonyl (C=O) groups excluding carboxylic acids is 2. The summed E-state index contributed by atoms with van der Waals surface area (Å²) in [7, 11) is 0. The zero-order chi connectivity index (χ0) is 14.0. The van der Waals surface area contributed by atoms with Gasteiger partial charge in [-0.05, 0) is 30.7 Å². The number of anilines is 1. The van der Waals surface area contributed by atoms with E-state index >= 15 is 0 Å².